The molecule has 4 nitrogen and oxygen atoms in total. The lowest BCUT2D eigenvalue weighted by Gasteiger charge is -2.34. The van der Waals surface area contributed by atoms with Gasteiger partial charge in [0.15, 0.2) is 0 Å². The van der Waals surface area contributed by atoms with Gasteiger partial charge in [0.1, 0.15) is 0 Å². The van der Waals surface area contributed by atoms with Crippen LogP contribution >= 0.6 is 0 Å². The summed E-state index contributed by atoms with van der Waals surface area (Å²) in [5.74, 6) is 0.245. The maximum Gasteiger partial charge on any atom is 0.219 e. The first-order valence-electron chi connectivity index (χ1n) is 8.17. The normalized spacial score (nSPS) is 26.4. The third kappa shape index (κ3) is 3.26. The number of carbonyl (C=O) groups excluding carboxylic acids is 1. The highest BCUT2D eigenvalue weighted by molar-refractivity contribution is 5.74. The lowest BCUT2D eigenvalue weighted by Crippen LogP contribution is -2.48. The van der Waals surface area contributed by atoms with Crippen molar-refractivity contribution in [3.63, 3.8) is 0 Å². The van der Waals surface area contributed by atoms with E-state index in [1.54, 1.807) is 6.92 Å². The van der Waals surface area contributed by atoms with E-state index in [9.17, 15) is 4.79 Å². The van der Waals surface area contributed by atoms with E-state index in [0.717, 1.165) is 31.6 Å². The molecule has 3 heterocycles. The van der Waals surface area contributed by atoms with Crippen molar-refractivity contribution in [2.24, 2.45) is 0 Å². The van der Waals surface area contributed by atoms with Crippen LogP contribution in [0.4, 0.5) is 0 Å². The average Bonchev–Trinajstić information content (AvgIpc) is 3.14. The standard InChI is InChI=1S/C17H25N3O/c1-14(21)20-12-5-8-17(20)16-7-4-11-19(16)13-9-15-6-2-3-10-18-15/h2-3,6,10,16-17H,4-5,7-9,11-13H2,1H3. The zero-order valence-electron chi connectivity index (χ0n) is 12.9. The quantitative estimate of drug-likeness (QED) is 0.851. The maximum absolute atomic E-state index is 11.8. The highest BCUT2D eigenvalue weighted by atomic mass is 16.2. The maximum atomic E-state index is 11.8. The summed E-state index contributed by atoms with van der Waals surface area (Å²) in [6.45, 7) is 4.89. The van der Waals surface area contributed by atoms with E-state index in [0.29, 0.717) is 12.1 Å². The molecule has 21 heavy (non-hydrogen) atoms. The molecule has 3 rings (SSSR count). The van der Waals surface area contributed by atoms with Crippen molar-refractivity contribution in [1.29, 1.82) is 0 Å². The molecule has 2 aliphatic rings. The number of pyridine rings is 1. The van der Waals surface area contributed by atoms with Crippen LogP contribution in [0.1, 0.15) is 38.3 Å². The topological polar surface area (TPSA) is 36.4 Å². The van der Waals surface area contributed by atoms with Crippen LogP contribution in [0.3, 0.4) is 0 Å². The third-order valence-electron chi connectivity index (χ3n) is 4.94. The first kappa shape index (κ1) is 14.5. The number of nitrogens with zero attached hydrogens (tertiary/aromatic N) is 3. The van der Waals surface area contributed by atoms with Gasteiger partial charge in [-0.05, 0) is 44.4 Å². The Bertz CT molecular complexity index is 476. The van der Waals surface area contributed by atoms with Gasteiger partial charge >= 0.3 is 0 Å². The van der Waals surface area contributed by atoms with E-state index in [4.69, 9.17) is 0 Å². The predicted octanol–water partition coefficient (Wildman–Crippen LogP) is 2.10. The zero-order valence-corrected chi connectivity index (χ0v) is 12.9. The van der Waals surface area contributed by atoms with Crippen LogP contribution in [-0.4, -0.2) is 52.4 Å². The van der Waals surface area contributed by atoms with Crippen molar-refractivity contribution in [3.8, 4) is 0 Å². The Morgan fingerprint density at radius 2 is 2.05 bits per heavy atom. The van der Waals surface area contributed by atoms with Crippen LogP contribution in [0.15, 0.2) is 24.4 Å². The summed E-state index contributed by atoms with van der Waals surface area (Å²) in [6.07, 6.45) is 7.69. The Morgan fingerprint density at radius 1 is 1.24 bits per heavy atom. The summed E-state index contributed by atoms with van der Waals surface area (Å²) in [4.78, 5) is 20.9. The second kappa shape index (κ2) is 6.56. The van der Waals surface area contributed by atoms with Crippen molar-refractivity contribution in [3.05, 3.63) is 30.1 Å². The lowest BCUT2D eigenvalue weighted by molar-refractivity contribution is -0.130. The number of carbonyl (C=O) groups is 1. The first-order chi connectivity index (χ1) is 10.3. The molecule has 2 aliphatic heterocycles. The largest absolute Gasteiger partial charge is 0.338 e. The molecule has 2 unspecified atom stereocenters. The van der Waals surface area contributed by atoms with E-state index in [1.807, 2.05) is 12.3 Å². The molecule has 1 aromatic rings. The van der Waals surface area contributed by atoms with Gasteiger partial charge in [0, 0.05) is 50.4 Å². The molecule has 2 saturated heterocycles. The summed E-state index contributed by atoms with van der Waals surface area (Å²) < 4.78 is 0. The fraction of sp³-hybridized carbons (Fsp3) is 0.647. The Hall–Kier alpha value is -1.42. The number of hydrogen-bond acceptors (Lipinski definition) is 3. The van der Waals surface area contributed by atoms with E-state index >= 15 is 0 Å². The molecule has 2 fully saturated rings. The molecule has 0 spiro atoms. The first-order valence-corrected chi connectivity index (χ1v) is 8.17. The van der Waals surface area contributed by atoms with E-state index in [2.05, 4.69) is 26.9 Å². The van der Waals surface area contributed by atoms with Crippen molar-refractivity contribution in [2.75, 3.05) is 19.6 Å². The Balaban J connectivity index is 1.61. The van der Waals surface area contributed by atoms with E-state index < -0.39 is 0 Å². The molecular formula is C17H25N3O. The number of hydrogen-bond donors (Lipinski definition) is 0. The van der Waals surface area contributed by atoms with Crippen LogP contribution in [0.5, 0.6) is 0 Å². The second-order valence-corrected chi connectivity index (χ2v) is 6.24. The molecule has 0 radical (unpaired) electrons. The van der Waals surface area contributed by atoms with Crippen molar-refractivity contribution >= 4 is 5.91 Å². The number of aromatic nitrogens is 1. The van der Waals surface area contributed by atoms with Gasteiger partial charge in [0.25, 0.3) is 0 Å². The van der Waals surface area contributed by atoms with E-state index in [1.165, 1.54) is 25.8 Å². The predicted molar refractivity (Wildman–Crippen MR) is 82.9 cm³/mol. The molecular weight excluding hydrogens is 262 g/mol. The molecule has 114 valence electrons. The Labute approximate surface area is 127 Å². The fourth-order valence-electron chi connectivity index (χ4n) is 3.95. The van der Waals surface area contributed by atoms with Gasteiger partial charge in [0.2, 0.25) is 5.91 Å². The van der Waals surface area contributed by atoms with Crippen LogP contribution in [-0.2, 0) is 11.2 Å². The van der Waals surface area contributed by atoms with Crippen LogP contribution in [0.25, 0.3) is 0 Å². The number of amides is 1. The summed E-state index contributed by atoms with van der Waals surface area (Å²) >= 11 is 0. The summed E-state index contributed by atoms with van der Waals surface area (Å²) in [6, 6.07) is 7.11. The Morgan fingerprint density at radius 3 is 2.81 bits per heavy atom. The summed E-state index contributed by atoms with van der Waals surface area (Å²) in [5, 5.41) is 0. The third-order valence-corrected chi connectivity index (χ3v) is 4.94. The van der Waals surface area contributed by atoms with Gasteiger partial charge in [-0.1, -0.05) is 6.07 Å². The highest BCUT2D eigenvalue weighted by Gasteiger charge is 2.38. The van der Waals surface area contributed by atoms with Gasteiger partial charge in [-0.15, -0.1) is 0 Å². The minimum absolute atomic E-state index is 0.245. The van der Waals surface area contributed by atoms with Crippen LogP contribution < -0.4 is 0 Å². The Kier molecular flexibility index (Phi) is 4.54. The van der Waals surface area contributed by atoms with Gasteiger partial charge in [-0.2, -0.15) is 0 Å². The highest BCUT2D eigenvalue weighted by Crippen LogP contribution is 2.30. The smallest absolute Gasteiger partial charge is 0.219 e. The number of rotatable bonds is 4. The lowest BCUT2D eigenvalue weighted by atomic mass is 10.0. The monoisotopic (exact) mass is 287 g/mol. The van der Waals surface area contributed by atoms with Crippen LogP contribution in [0, 0.1) is 0 Å². The zero-order chi connectivity index (χ0) is 14.7. The minimum Gasteiger partial charge on any atom is -0.338 e. The van der Waals surface area contributed by atoms with Gasteiger partial charge in [0.05, 0.1) is 0 Å². The van der Waals surface area contributed by atoms with Crippen molar-refractivity contribution < 1.29 is 4.79 Å². The summed E-state index contributed by atoms with van der Waals surface area (Å²) in [7, 11) is 0. The molecule has 0 N–H and O–H groups in total. The number of likely N-dealkylation sites (tertiary alicyclic amines) is 2. The molecule has 2 atom stereocenters. The van der Waals surface area contributed by atoms with Gasteiger partial charge in [-0.3, -0.25) is 14.7 Å². The molecule has 0 aliphatic carbocycles. The molecule has 4 heteroatoms. The van der Waals surface area contributed by atoms with Gasteiger partial charge in [-0.25, -0.2) is 0 Å². The van der Waals surface area contributed by atoms with E-state index in [-0.39, 0.29) is 5.91 Å². The molecule has 0 saturated carbocycles. The summed E-state index contributed by atoms with van der Waals surface area (Å²) in [5.41, 5.74) is 1.16. The molecule has 1 amide bonds. The second-order valence-electron chi connectivity index (χ2n) is 6.24. The van der Waals surface area contributed by atoms with Crippen LogP contribution in [0.2, 0.25) is 0 Å². The average molecular weight is 287 g/mol. The molecule has 0 aromatic carbocycles. The minimum atomic E-state index is 0.245. The van der Waals surface area contributed by atoms with Crippen molar-refractivity contribution in [1.82, 2.24) is 14.8 Å². The fourth-order valence-corrected chi connectivity index (χ4v) is 3.95. The van der Waals surface area contributed by atoms with Crippen molar-refractivity contribution in [2.45, 2.75) is 51.1 Å². The SMILES string of the molecule is CC(=O)N1CCCC1C1CCCN1CCc1ccccn1. The molecule has 1 aromatic heterocycles. The van der Waals surface area contributed by atoms with Gasteiger partial charge < -0.3 is 4.90 Å². The molecule has 0 bridgehead atoms.